The molecule has 0 bridgehead atoms. The van der Waals surface area contributed by atoms with Crippen molar-refractivity contribution in [1.82, 2.24) is 14.1 Å². The van der Waals surface area contributed by atoms with Gasteiger partial charge in [0.05, 0.1) is 23.8 Å². The van der Waals surface area contributed by atoms with Crippen molar-refractivity contribution in [2.24, 2.45) is 0 Å². The third-order valence-corrected chi connectivity index (χ3v) is 5.71. The van der Waals surface area contributed by atoms with Gasteiger partial charge in [-0.05, 0) is 30.7 Å². The Hall–Kier alpha value is -1.61. The number of benzene rings is 1. The molecule has 10 heteroatoms. The van der Waals surface area contributed by atoms with Crippen LogP contribution in [0.1, 0.15) is 13.3 Å². The molecule has 1 aromatic carbocycles. The third-order valence-electron chi connectivity index (χ3n) is 3.71. The Morgan fingerprint density at radius 3 is 2.46 bits per heavy atom. The molecule has 0 aliphatic carbocycles. The van der Waals surface area contributed by atoms with Crippen LogP contribution in [0.15, 0.2) is 35.3 Å². The van der Waals surface area contributed by atoms with Gasteiger partial charge in [-0.15, -0.1) is 0 Å². The second-order valence-electron chi connectivity index (χ2n) is 5.60. The normalized spacial score (nSPS) is 11.7. The van der Waals surface area contributed by atoms with Crippen molar-refractivity contribution >= 4 is 38.9 Å². The summed E-state index contributed by atoms with van der Waals surface area (Å²) in [5.74, 6) is 0. The number of nitrogens with zero attached hydrogens (tertiary/aromatic N) is 3. The number of hydrogen-bond acceptors (Lipinski definition) is 5. The van der Waals surface area contributed by atoms with E-state index < -0.39 is 15.6 Å². The van der Waals surface area contributed by atoms with E-state index in [0.717, 1.165) is 0 Å². The fraction of sp³-hybridized carbons (Fsp3) is 0.375. The fourth-order valence-electron chi connectivity index (χ4n) is 2.36. The van der Waals surface area contributed by atoms with Crippen LogP contribution in [0.2, 0.25) is 10.0 Å². The molecule has 0 aliphatic rings. The summed E-state index contributed by atoms with van der Waals surface area (Å²) >= 11 is 12.0. The van der Waals surface area contributed by atoms with E-state index in [1.165, 1.54) is 21.4 Å². The van der Waals surface area contributed by atoms with E-state index in [0.29, 0.717) is 42.5 Å². The highest BCUT2D eigenvalue weighted by Crippen LogP contribution is 2.17. The van der Waals surface area contributed by atoms with Crippen LogP contribution < -0.4 is 10.9 Å². The van der Waals surface area contributed by atoms with Gasteiger partial charge >= 0.3 is 0 Å². The molecule has 0 amide bonds. The lowest BCUT2D eigenvalue weighted by atomic mass is 10.3. The number of anilines is 1. The summed E-state index contributed by atoms with van der Waals surface area (Å²) in [6.07, 6.45) is 3.21. The summed E-state index contributed by atoms with van der Waals surface area (Å²) in [4.78, 5) is 12.4. The molecule has 142 valence electrons. The molecule has 0 fully saturated rings. The lowest BCUT2D eigenvalue weighted by molar-refractivity contribution is 0.429. The number of sulfonamides is 1. The zero-order valence-electron chi connectivity index (χ0n) is 14.4. The van der Waals surface area contributed by atoms with Crippen molar-refractivity contribution in [3.63, 3.8) is 0 Å². The number of rotatable bonds is 8. The predicted octanol–water partition coefficient (Wildman–Crippen LogP) is 2.62. The molecule has 0 saturated carbocycles. The first-order valence-corrected chi connectivity index (χ1v) is 10.6. The molecular weight excluding hydrogens is 399 g/mol. The summed E-state index contributed by atoms with van der Waals surface area (Å²) in [7, 11) is -3.21. The number of halogens is 2. The smallest absolute Gasteiger partial charge is 0.292 e. The molecule has 2 aromatic rings. The highest BCUT2D eigenvalue weighted by Gasteiger charge is 2.14. The molecule has 1 aromatic heterocycles. The standard InChI is InChI=1S/C16H20Cl2N4O3S/c1-3-21(26(2,24)25)10-4-9-19-14-11-20-22(16(23)15(14)18)13-7-5-12(17)6-8-13/h5-8,11,19H,3-4,9-10H2,1-2H3. The van der Waals surface area contributed by atoms with Crippen LogP contribution >= 0.6 is 23.2 Å². The quantitative estimate of drug-likeness (QED) is 0.665. The minimum Gasteiger partial charge on any atom is -0.382 e. The van der Waals surface area contributed by atoms with Gasteiger partial charge in [-0.25, -0.2) is 12.7 Å². The molecule has 0 unspecified atom stereocenters. The van der Waals surface area contributed by atoms with Gasteiger partial charge < -0.3 is 5.32 Å². The van der Waals surface area contributed by atoms with Gasteiger partial charge in [-0.1, -0.05) is 30.1 Å². The molecule has 0 spiro atoms. The fourth-order valence-corrected chi connectivity index (χ4v) is 3.61. The Kier molecular flexibility index (Phi) is 7.05. The summed E-state index contributed by atoms with van der Waals surface area (Å²) in [5.41, 5.74) is 0.509. The van der Waals surface area contributed by atoms with Gasteiger partial charge in [-0.2, -0.15) is 9.78 Å². The van der Waals surface area contributed by atoms with Crippen molar-refractivity contribution in [2.45, 2.75) is 13.3 Å². The third kappa shape index (κ3) is 5.20. The SMILES string of the molecule is CCN(CCCNc1cnn(-c2ccc(Cl)cc2)c(=O)c1Cl)S(C)(=O)=O. The molecule has 2 rings (SSSR count). The molecule has 0 aliphatic heterocycles. The maximum atomic E-state index is 12.4. The van der Waals surface area contributed by atoms with Crippen LogP contribution in [0.5, 0.6) is 0 Å². The van der Waals surface area contributed by atoms with Crippen LogP contribution in [0.4, 0.5) is 5.69 Å². The minimum atomic E-state index is -3.21. The zero-order chi connectivity index (χ0) is 19.3. The van der Waals surface area contributed by atoms with Gasteiger partial charge in [0, 0.05) is 24.7 Å². The van der Waals surface area contributed by atoms with Crippen LogP contribution in [0.3, 0.4) is 0 Å². The maximum Gasteiger partial charge on any atom is 0.292 e. The summed E-state index contributed by atoms with van der Waals surface area (Å²) in [6, 6.07) is 6.66. The summed E-state index contributed by atoms with van der Waals surface area (Å²) in [6.45, 7) is 3.04. The van der Waals surface area contributed by atoms with Crippen molar-refractivity contribution in [3.05, 3.63) is 50.9 Å². The highest BCUT2D eigenvalue weighted by molar-refractivity contribution is 7.88. The van der Waals surface area contributed by atoms with Crippen molar-refractivity contribution in [3.8, 4) is 5.69 Å². The van der Waals surface area contributed by atoms with Gasteiger partial charge in [0.15, 0.2) is 0 Å². The monoisotopic (exact) mass is 418 g/mol. The van der Waals surface area contributed by atoms with Crippen LogP contribution in [0.25, 0.3) is 5.69 Å². The molecule has 0 atom stereocenters. The van der Waals surface area contributed by atoms with Crippen LogP contribution in [-0.2, 0) is 10.0 Å². The topological polar surface area (TPSA) is 84.3 Å². The van der Waals surface area contributed by atoms with E-state index in [4.69, 9.17) is 23.2 Å². The average molecular weight is 419 g/mol. The van der Waals surface area contributed by atoms with Crippen LogP contribution in [-0.4, -0.2) is 48.4 Å². The number of aromatic nitrogens is 2. The first kappa shape index (κ1) is 20.7. The molecular formula is C16H20Cl2N4O3S. The number of hydrogen-bond donors (Lipinski definition) is 1. The van der Waals surface area contributed by atoms with E-state index in [1.54, 1.807) is 31.2 Å². The minimum absolute atomic E-state index is 0.0189. The average Bonchev–Trinajstić information content (AvgIpc) is 2.58. The van der Waals surface area contributed by atoms with E-state index in [9.17, 15) is 13.2 Å². The van der Waals surface area contributed by atoms with Crippen molar-refractivity contribution in [2.75, 3.05) is 31.2 Å². The predicted molar refractivity (Wildman–Crippen MR) is 105 cm³/mol. The second kappa shape index (κ2) is 8.85. The molecule has 7 nitrogen and oxygen atoms in total. The highest BCUT2D eigenvalue weighted by atomic mass is 35.5. The molecule has 0 radical (unpaired) electrons. The zero-order valence-corrected chi connectivity index (χ0v) is 16.8. The van der Waals surface area contributed by atoms with Gasteiger partial charge in [0.25, 0.3) is 5.56 Å². The van der Waals surface area contributed by atoms with Gasteiger partial charge in [0.1, 0.15) is 5.02 Å². The Bertz CT molecular complexity index is 914. The Balaban J connectivity index is 2.04. The van der Waals surface area contributed by atoms with Gasteiger partial charge in [-0.3, -0.25) is 4.79 Å². The number of nitrogens with one attached hydrogen (secondary N) is 1. The lowest BCUT2D eigenvalue weighted by Crippen LogP contribution is -2.31. The summed E-state index contributed by atoms with van der Waals surface area (Å²) < 4.78 is 25.7. The Morgan fingerprint density at radius 2 is 1.88 bits per heavy atom. The second-order valence-corrected chi connectivity index (χ2v) is 8.40. The molecule has 1 N–H and O–H groups in total. The molecule has 26 heavy (non-hydrogen) atoms. The molecule has 1 heterocycles. The lowest BCUT2D eigenvalue weighted by Gasteiger charge is -2.18. The Morgan fingerprint density at radius 1 is 1.23 bits per heavy atom. The first-order chi connectivity index (χ1) is 12.2. The van der Waals surface area contributed by atoms with E-state index in [2.05, 4.69) is 10.4 Å². The largest absolute Gasteiger partial charge is 0.382 e. The molecule has 0 saturated heterocycles. The van der Waals surface area contributed by atoms with Gasteiger partial charge in [0.2, 0.25) is 10.0 Å². The first-order valence-electron chi connectivity index (χ1n) is 7.96. The summed E-state index contributed by atoms with van der Waals surface area (Å²) in [5, 5.41) is 7.71. The van der Waals surface area contributed by atoms with Crippen molar-refractivity contribution in [1.29, 1.82) is 0 Å². The maximum absolute atomic E-state index is 12.4. The van der Waals surface area contributed by atoms with Crippen molar-refractivity contribution < 1.29 is 8.42 Å². The Labute approximate surface area is 162 Å². The van der Waals surface area contributed by atoms with E-state index >= 15 is 0 Å². The van der Waals surface area contributed by atoms with E-state index in [1.807, 2.05) is 0 Å². The van der Waals surface area contributed by atoms with Crippen LogP contribution in [0, 0.1) is 0 Å². The van der Waals surface area contributed by atoms with E-state index in [-0.39, 0.29) is 5.02 Å².